The van der Waals surface area contributed by atoms with E-state index in [2.05, 4.69) is 10.3 Å². The van der Waals surface area contributed by atoms with Crippen molar-refractivity contribution in [2.24, 2.45) is 5.73 Å². The summed E-state index contributed by atoms with van der Waals surface area (Å²) in [6, 6.07) is 9.66. The number of rotatable bonds is 4. The standard InChI is InChI=1S/C16H19N3O2/c1-10-3-8-15(11(2)18-10)19-16(21)14(17)9-12-4-6-13(20)7-5-12/h3-8,14,20H,9,17H2,1-2H3,(H,19,21). The molecule has 5 nitrogen and oxygen atoms in total. The maximum absolute atomic E-state index is 12.1. The van der Waals surface area contributed by atoms with Crippen LogP contribution in [0.4, 0.5) is 5.69 Å². The predicted octanol–water partition coefficient (Wildman–Crippen LogP) is 1.91. The lowest BCUT2D eigenvalue weighted by atomic mass is 10.1. The van der Waals surface area contributed by atoms with Gasteiger partial charge in [-0.05, 0) is 50.1 Å². The fraction of sp³-hybridized carbons (Fsp3) is 0.250. The molecule has 1 atom stereocenters. The van der Waals surface area contributed by atoms with Crippen LogP contribution in [0, 0.1) is 13.8 Å². The van der Waals surface area contributed by atoms with Crippen molar-refractivity contribution in [3.8, 4) is 5.75 Å². The van der Waals surface area contributed by atoms with Gasteiger partial charge in [-0.15, -0.1) is 0 Å². The number of aromatic hydroxyl groups is 1. The minimum atomic E-state index is -0.657. The van der Waals surface area contributed by atoms with Crippen LogP contribution >= 0.6 is 0 Å². The van der Waals surface area contributed by atoms with E-state index in [1.54, 1.807) is 24.3 Å². The lowest BCUT2D eigenvalue weighted by Crippen LogP contribution is -2.37. The minimum absolute atomic E-state index is 0.193. The van der Waals surface area contributed by atoms with Crippen molar-refractivity contribution >= 4 is 11.6 Å². The van der Waals surface area contributed by atoms with Crippen LogP contribution in [0.15, 0.2) is 36.4 Å². The van der Waals surface area contributed by atoms with E-state index < -0.39 is 6.04 Å². The number of aromatic nitrogens is 1. The topological polar surface area (TPSA) is 88.2 Å². The largest absolute Gasteiger partial charge is 0.508 e. The number of amides is 1. The number of hydrogen-bond acceptors (Lipinski definition) is 4. The van der Waals surface area contributed by atoms with Gasteiger partial charge in [0.15, 0.2) is 0 Å². The quantitative estimate of drug-likeness (QED) is 0.800. The summed E-state index contributed by atoms with van der Waals surface area (Å²) in [6.45, 7) is 3.74. The zero-order valence-electron chi connectivity index (χ0n) is 12.1. The molecule has 1 aromatic heterocycles. The van der Waals surface area contributed by atoms with Crippen LogP contribution in [0.1, 0.15) is 17.0 Å². The van der Waals surface area contributed by atoms with Crippen molar-refractivity contribution in [3.05, 3.63) is 53.3 Å². The molecule has 21 heavy (non-hydrogen) atoms. The van der Waals surface area contributed by atoms with Crippen LogP contribution in [0.3, 0.4) is 0 Å². The molecular weight excluding hydrogens is 266 g/mol. The van der Waals surface area contributed by atoms with E-state index in [-0.39, 0.29) is 11.7 Å². The van der Waals surface area contributed by atoms with Gasteiger partial charge in [0.1, 0.15) is 5.75 Å². The first-order valence-electron chi connectivity index (χ1n) is 6.74. The van der Waals surface area contributed by atoms with Gasteiger partial charge >= 0.3 is 0 Å². The van der Waals surface area contributed by atoms with Crippen molar-refractivity contribution in [2.75, 3.05) is 5.32 Å². The first-order chi connectivity index (χ1) is 9.95. The van der Waals surface area contributed by atoms with Gasteiger partial charge in [-0.1, -0.05) is 12.1 Å². The Hall–Kier alpha value is -2.40. The predicted molar refractivity (Wildman–Crippen MR) is 82.1 cm³/mol. The second-order valence-electron chi connectivity index (χ2n) is 5.05. The Morgan fingerprint density at radius 3 is 2.52 bits per heavy atom. The second-order valence-corrected chi connectivity index (χ2v) is 5.05. The second kappa shape index (κ2) is 6.37. The number of nitrogens with zero attached hydrogens (tertiary/aromatic N) is 1. The number of nitrogens with two attached hydrogens (primary N) is 1. The highest BCUT2D eigenvalue weighted by molar-refractivity contribution is 5.95. The molecule has 0 fully saturated rings. The van der Waals surface area contributed by atoms with E-state index >= 15 is 0 Å². The molecule has 0 saturated carbocycles. The molecule has 2 aromatic rings. The number of phenolic OH excluding ortho intramolecular Hbond substituents is 1. The van der Waals surface area contributed by atoms with E-state index in [1.165, 1.54) is 0 Å². The Balaban J connectivity index is 2.00. The Morgan fingerprint density at radius 1 is 1.24 bits per heavy atom. The molecule has 0 aliphatic rings. The fourth-order valence-corrected chi connectivity index (χ4v) is 2.02. The summed E-state index contributed by atoms with van der Waals surface area (Å²) in [5.74, 6) is -0.0602. The van der Waals surface area contributed by atoms with Crippen LogP contribution in [0.5, 0.6) is 5.75 Å². The Morgan fingerprint density at radius 2 is 1.90 bits per heavy atom. The molecule has 2 rings (SSSR count). The number of hydrogen-bond donors (Lipinski definition) is 3. The maximum Gasteiger partial charge on any atom is 0.241 e. The molecule has 1 heterocycles. The van der Waals surface area contributed by atoms with E-state index in [0.717, 1.165) is 17.0 Å². The molecule has 5 heteroatoms. The molecule has 4 N–H and O–H groups in total. The number of pyridine rings is 1. The lowest BCUT2D eigenvalue weighted by molar-refractivity contribution is -0.117. The number of benzene rings is 1. The van der Waals surface area contributed by atoms with Gasteiger partial charge in [0.2, 0.25) is 5.91 Å². The van der Waals surface area contributed by atoms with Crippen LogP contribution in [-0.4, -0.2) is 22.0 Å². The molecule has 0 spiro atoms. The fourth-order valence-electron chi connectivity index (χ4n) is 2.02. The monoisotopic (exact) mass is 285 g/mol. The summed E-state index contributed by atoms with van der Waals surface area (Å²) in [6.07, 6.45) is 0.407. The third-order valence-corrected chi connectivity index (χ3v) is 3.21. The lowest BCUT2D eigenvalue weighted by Gasteiger charge is -2.14. The van der Waals surface area contributed by atoms with E-state index in [1.807, 2.05) is 26.0 Å². The third kappa shape index (κ3) is 4.03. The van der Waals surface area contributed by atoms with Crippen LogP contribution < -0.4 is 11.1 Å². The molecule has 110 valence electrons. The highest BCUT2D eigenvalue weighted by Crippen LogP contribution is 2.14. The molecule has 0 bridgehead atoms. The molecule has 1 aromatic carbocycles. The summed E-state index contributed by atoms with van der Waals surface area (Å²) in [5, 5.41) is 12.0. The Kier molecular flexibility index (Phi) is 4.55. The maximum atomic E-state index is 12.1. The number of phenols is 1. The average molecular weight is 285 g/mol. The highest BCUT2D eigenvalue weighted by atomic mass is 16.3. The molecule has 1 amide bonds. The summed E-state index contributed by atoms with van der Waals surface area (Å²) < 4.78 is 0. The van der Waals surface area contributed by atoms with E-state index in [4.69, 9.17) is 5.73 Å². The number of aryl methyl sites for hydroxylation is 2. The zero-order valence-corrected chi connectivity index (χ0v) is 12.1. The number of carbonyl (C=O) groups excluding carboxylic acids is 1. The van der Waals surface area contributed by atoms with E-state index in [9.17, 15) is 9.90 Å². The number of anilines is 1. The van der Waals surface area contributed by atoms with Crippen molar-refractivity contribution in [1.29, 1.82) is 0 Å². The highest BCUT2D eigenvalue weighted by Gasteiger charge is 2.15. The minimum Gasteiger partial charge on any atom is -0.508 e. The van der Waals surface area contributed by atoms with Crippen LogP contribution in [-0.2, 0) is 11.2 Å². The van der Waals surface area contributed by atoms with Crippen molar-refractivity contribution in [3.63, 3.8) is 0 Å². The van der Waals surface area contributed by atoms with Crippen LogP contribution in [0.25, 0.3) is 0 Å². The normalized spacial score (nSPS) is 12.0. The van der Waals surface area contributed by atoms with Crippen LogP contribution in [0.2, 0.25) is 0 Å². The van der Waals surface area contributed by atoms with Gasteiger partial charge in [0.05, 0.1) is 17.4 Å². The molecule has 0 radical (unpaired) electrons. The summed E-state index contributed by atoms with van der Waals surface area (Å²) in [7, 11) is 0. The molecule has 0 aliphatic carbocycles. The van der Waals surface area contributed by atoms with Gasteiger partial charge in [0, 0.05) is 5.69 Å². The number of nitrogens with one attached hydrogen (secondary N) is 1. The molecule has 0 aliphatic heterocycles. The van der Waals surface area contributed by atoms with Gasteiger partial charge in [0.25, 0.3) is 0 Å². The van der Waals surface area contributed by atoms with Gasteiger partial charge in [-0.3, -0.25) is 9.78 Å². The molecule has 0 saturated heterocycles. The summed E-state index contributed by atoms with van der Waals surface area (Å²) in [4.78, 5) is 16.4. The van der Waals surface area contributed by atoms with E-state index in [0.29, 0.717) is 12.1 Å². The first-order valence-corrected chi connectivity index (χ1v) is 6.74. The smallest absolute Gasteiger partial charge is 0.241 e. The van der Waals surface area contributed by atoms with Gasteiger partial charge < -0.3 is 16.2 Å². The van der Waals surface area contributed by atoms with Crippen molar-refractivity contribution in [1.82, 2.24) is 4.98 Å². The SMILES string of the molecule is Cc1ccc(NC(=O)C(N)Cc2ccc(O)cc2)c(C)n1. The zero-order chi connectivity index (χ0) is 15.4. The molecule has 1 unspecified atom stereocenters. The van der Waals surface area contributed by atoms with Crippen molar-refractivity contribution in [2.45, 2.75) is 26.3 Å². The van der Waals surface area contributed by atoms with Gasteiger partial charge in [-0.2, -0.15) is 0 Å². The van der Waals surface area contributed by atoms with Crippen molar-refractivity contribution < 1.29 is 9.90 Å². The molecular formula is C16H19N3O2. The third-order valence-electron chi connectivity index (χ3n) is 3.21. The Bertz CT molecular complexity index is 638. The Labute approximate surface area is 123 Å². The first kappa shape index (κ1) is 15.0. The van der Waals surface area contributed by atoms with Gasteiger partial charge in [-0.25, -0.2) is 0 Å². The average Bonchev–Trinajstić information content (AvgIpc) is 2.44. The summed E-state index contributed by atoms with van der Waals surface area (Å²) >= 11 is 0. The number of carbonyl (C=O) groups is 1. The summed E-state index contributed by atoms with van der Waals surface area (Å²) in [5.41, 5.74) is 9.16.